The highest BCUT2D eigenvalue weighted by molar-refractivity contribution is 6.52. The van der Waals surface area contributed by atoms with Gasteiger partial charge in [-0.05, 0) is 49.6 Å². The summed E-state index contributed by atoms with van der Waals surface area (Å²) in [6, 6.07) is 5.71. The highest BCUT2D eigenvalue weighted by atomic mass is 16.5. The topological polar surface area (TPSA) is 65.6 Å². The van der Waals surface area contributed by atoms with Gasteiger partial charge < -0.3 is 20.8 Å². The van der Waals surface area contributed by atoms with Crippen LogP contribution in [0.2, 0.25) is 6.82 Å². The standard InChI is InChI=1S/C18H28BN4O/c1-19-16(13-20)18(22(2)3)15-12-14(21)6-7-17(15)24-11-10-23-8-4-5-9-23/h6-7,12-13,20H,4-5,8-11,21H2,1-3H3/b18-16+,20-13?. The van der Waals surface area contributed by atoms with Gasteiger partial charge in [-0.3, -0.25) is 4.90 Å². The summed E-state index contributed by atoms with van der Waals surface area (Å²) in [6.07, 6.45) is 3.94. The van der Waals surface area contributed by atoms with Crippen molar-refractivity contribution in [1.82, 2.24) is 9.80 Å². The first kappa shape index (κ1) is 18.4. The van der Waals surface area contributed by atoms with E-state index in [1.54, 1.807) is 0 Å². The maximum atomic E-state index is 7.69. The Hall–Kier alpha value is -1.95. The molecule has 1 aliphatic heterocycles. The van der Waals surface area contributed by atoms with Crippen molar-refractivity contribution in [3.8, 4) is 5.75 Å². The maximum absolute atomic E-state index is 7.69. The van der Waals surface area contributed by atoms with Crippen LogP contribution in [0, 0.1) is 5.41 Å². The van der Waals surface area contributed by atoms with Gasteiger partial charge in [0.2, 0.25) is 0 Å². The Balaban J connectivity index is 2.25. The molecule has 1 fully saturated rings. The Morgan fingerprint density at radius 3 is 2.67 bits per heavy atom. The van der Waals surface area contributed by atoms with Gasteiger partial charge in [0, 0.05) is 43.8 Å². The number of ether oxygens (including phenoxy) is 1. The van der Waals surface area contributed by atoms with Crippen molar-refractivity contribution in [3.63, 3.8) is 0 Å². The number of nitrogens with zero attached hydrogens (tertiary/aromatic N) is 2. The molecule has 1 aliphatic rings. The quantitative estimate of drug-likeness (QED) is 0.437. The van der Waals surface area contributed by atoms with Crippen molar-refractivity contribution in [2.45, 2.75) is 19.7 Å². The first-order chi connectivity index (χ1) is 11.6. The molecule has 0 atom stereocenters. The van der Waals surface area contributed by atoms with Crippen LogP contribution in [0.15, 0.2) is 23.7 Å². The molecule has 3 N–H and O–H groups in total. The molecule has 0 aromatic heterocycles. The number of hydrogen-bond donors (Lipinski definition) is 2. The minimum atomic E-state index is 0.660. The highest BCUT2D eigenvalue weighted by Crippen LogP contribution is 2.31. The van der Waals surface area contributed by atoms with Gasteiger partial charge in [0.1, 0.15) is 12.4 Å². The van der Waals surface area contributed by atoms with E-state index < -0.39 is 0 Å². The van der Waals surface area contributed by atoms with Crippen molar-refractivity contribution in [3.05, 3.63) is 29.2 Å². The summed E-state index contributed by atoms with van der Waals surface area (Å²) in [5, 5.41) is 7.69. The van der Waals surface area contributed by atoms with Crippen LogP contribution >= 0.6 is 0 Å². The summed E-state index contributed by atoms with van der Waals surface area (Å²) in [5.74, 6) is 0.813. The fourth-order valence-electron chi connectivity index (χ4n) is 3.09. The number of benzene rings is 1. The minimum Gasteiger partial charge on any atom is -0.492 e. The zero-order valence-corrected chi connectivity index (χ0v) is 15.0. The molecule has 1 saturated heterocycles. The molecule has 129 valence electrons. The minimum absolute atomic E-state index is 0.660. The molecule has 1 aromatic carbocycles. The predicted molar refractivity (Wildman–Crippen MR) is 103 cm³/mol. The lowest BCUT2D eigenvalue weighted by atomic mass is 9.71. The van der Waals surface area contributed by atoms with Crippen LogP contribution in [0.4, 0.5) is 5.69 Å². The molecule has 0 saturated carbocycles. The second-order valence-electron chi connectivity index (χ2n) is 6.28. The van der Waals surface area contributed by atoms with Crippen LogP contribution < -0.4 is 10.5 Å². The molecule has 0 bridgehead atoms. The Morgan fingerprint density at radius 1 is 1.38 bits per heavy atom. The molecular formula is C18H28BN4O. The molecule has 1 heterocycles. The summed E-state index contributed by atoms with van der Waals surface area (Å²) < 4.78 is 6.08. The summed E-state index contributed by atoms with van der Waals surface area (Å²) in [7, 11) is 5.87. The van der Waals surface area contributed by atoms with E-state index in [4.69, 9.17) is 15.9 Å². The fraction of sp³-hybridized carbons (Fsp3) is 0.500. The summed E-state index contributed by atoms with van der Waals surface area (Å²) in [4.78, 5) is 4.44. The average Bonchev–Trinajstić information content (AvgIpc) is 3.07. The van der Waals surface area contributed by atoms with Crippen LogP contribution in [0.1, 0.15) is 18.4 Å². The SMILES string of the molecule is C[B]/C(C=N)=C(\c1cc(N)ccc1OCCN1CCCC1)N(C)C. The predicted octanol–water partition coefficient (Wildman–Crippen LogP) is 2.38. The number of nitrogen functional groups attached to an aromatic ring is 1. The van der Waals surface area contributed by atoms with Gasteiger partial charge in [0.15, 0.2) is 7.28 Å². The lowest BCUT2D eigenvalue weighted by Gasteiger charge is -2.24. The monoisotopic (exact) mass is 327 g/mol. The zero-order valence-electron chi connectivity index (χ0n) is 15.0. The van der Waals surface area contributed by atoms with Gasteiger partial charge >= 0.3 is 0 Å². The molecule has 24 heavy (non-hydrogen) atoms. The van der Waals surface area contributed by atoms with Crippen LogP contribution in [0.5, 0.6) is 5.75 Å². The highest BCUT2D eigenvalue weighted by Gasteiger charge is 2.16. The van der Waals surface area contributed by atoms with E-state index >= 15 is 0 Å². The second kappa shape index (κ2) is 8.78. The van der Waals surface area contributed by atoms with E-state index in [9.17, 15) is 0 Å². The lowest BCUT2D eigenvalue weighted by molar-refractivity contribution is 0.237. The molecule has 0 spiro atoms. The Kier molecular flexibility index (Phi) is 6.73. The van der Waals surface area contributed by atoms with E-state index in [1.165, 1.54) is 32.1 Å². The fourth-order valence-corrected chi connectivity index (χ4v) is 3.09. The van der Waals surface area contributed by atoms with Crippen molar-refractivity contribution in [1.29, 1.82) is 5.41 Å². The van der Waals surface area contributed by atoms with E-state index in [0.29, 0.717) is 12.3 Å². The molecule has 0 unspecified atom stereocenters. The van der Waals surface area contributed by atoms with E-state index in [0.717, 1.165) is 29.0 Å². The molecule has 6 heteroatoms. The Labute approximate surface area is 146 Å². The number of nitrogens with one attached hydrogen (secondary N) is 1. The van der Waals surface area contributed by atoms with Crippen molar-refractivity contribution < 1.29 is 4.74 Å². The van der Waals surface area contributed by atoms with Gasteiger partial charge in [0.25, 0.3) is 0 Å². The molecule has 0 amide bonds. The van der Waals surface area contributed by atoms with E-state index in [-0.39, 0.29) is 0 Å². The third-order valence-electron chi connectivity index (χ3n) is 4.31. The Bertz CT molecular complexity index is 595. The third-order valence-corrected chi connectivity index (χ3v) is 4.31. The maximum Gasteiger partial charge on any atom is 0.153 e. The average molecular weight is 327 g/mol. The van der Waals surface area contributed by atoms with Gasteiger partial charge in [-0.2, -0.15) is 0 Å². The molecule has 1 radical (unpaired) electrons. The van der Waals surface area contributed by atoms with Crippen LogP contribution in [-0.4, -0.2) is 63.6 Å². The number of nitrogens with two attached hydrogens (primary N) is 1. The van der Waals surface area contributed by atoms with Crippen molar-refractivity contribution in [2.75, 3.05) is 46.1 Å². The number of hydrogen-bond acceptors (Lipinski definition) is 5. The zero-order chi connectivity index (χ0) is 17.5. The number of allylic oxidation sites excluding steroid dienone is 1. The van der Waals surface area contributed by atoms with Gasteiger partial charge in [-0.1, -0.05) is 6.82 Å². The lowest BCUT2D eigenvalue weighted by Crippen LogP contribution is -2.25. The number of likely N-dealkylation sites (tertiary alicyclic amines) is 1. The molecular weight excluding hydrogens is 299 g/mol. The normalized spacial score (nSPS) is 15.8. The van der Waals surface area contributed by atoms with Crippen molar-refractivity contribution in [2.24, 2.45) is 0 Å². The van der Waals surface area contributed by atoms with Crippen LogP contribution in [-0.2, 0) is 0 Å². The first-order valence-electron chi connectivity index (χ1n) is 8.53. The van der Waals surface area contributed by atoms with Gasteiger partial charge in [-0.25, -0.2) is 0 Å². The number of rotatable bonds is 8. The van der Waals surface area contributed by atoms with Crippen LogP contribution in [0.25, 0.3) is 5.70 Å². The summed E-state index contributed by atoms with van der Waals surface area (Å²) in [5.41, 5.74) is 9.41. The summed E-state index contributed by atoms with van der Waals surface area (Å²) >= 11 is 0. The molecule has 1 aromatic rings. The molecule has 5 nitrogen and oxygen atoms in total. The smallest absolute Gasteiger partial charge is 0.153 e. The largest absolute Gasteiger partial charge is 0.492 e. The Morgan fingerprint density at radius 2 is 2.08 bits per heavy atom. The van der Waals surface area contributed by atoms with E-state index in [2.05, 4.69) is 4.90 Å². The summed E-state index contributed by atoms with van der Waals surface area (Å²) in [6.45, 7) is 5.88. The van der Waals surface area contributed by atoms with Crippen molar-refractivity contribution >= 4 is 24.9 Å². The van der Waals surface area contributed by atoms with Gasteiger partial charge in [0.05, 0.1) is 0 Å². The second-order valence-corrected chi connectivity index (χ2v) is 6.28. The third kappa shape index (κ3) is 4.54. The molecule has 0 aliphatic carbocycles. The number of anilines is 1. The molecule has 2 rings (SSSR count). The first-order valence-corrected chi connectivity index (χ1v) is 8.53. The van der Waals surface area contributed by atoms with Gasteiger partial charge in [-0.15, -0.1) is 0 Å². The van der Waals surface area contributed by atoms with Crippen LogP contribution in [0.3, 0.4) is 0 Å². The van der Waals surface area contributed by atoms with E-state index in [1.807, 2.05) is 51.3 Å².